The van der Waals surface area contributed by atoms with Gasteiger partial charge in [0.1, 0.15) is 18.3 Å². The average molecular weight is 510 g/mol. The van der Waals surface area contributed by atoms with Crippen LogP contribution in [0.3, 0.4) is 0 Å². The molecule has 0 heterocycles. The molecule has 1 N–H and O–H groups in total. The smallest absolute Gasteiger partial charge is 0.244 e. The van der Waals surface area contributed by atoms with E-state index in [0.29, 0.717) is 22.9 Å². The number of anilines is 1. The van der Waals surface area contributed by atoms with Gasteiger partial charge in [-0.15, -0.1) is 0 Å². The molecule has 0 unspecified atom stereocenters. The van der Waals surface area contributed by atoms with Gasteiger partial charge in [-0.2, -0.15) is 0 Å². The van der Waals surface area contributed by atoms with Crippen LogP contribution in [0.1, 0.15) is 32.8 Å². The molecular weight excluding hydrogens is 478 g/mol. The Bertz CT molecular complexity index is 1090. The molecule has 0 bridgehead atoms. The van der Waals surface area contributed by atoms with Gasteiger partial charge in [0.15, 0.2) is 0 Å². The first-order valence-electron chi connectivity index (χ1n) is 10.9. The van der Waals surface area contributed by atoms with E-state index in [4.69, 9.17) is 16.3 Å². The second kappa shape index (κ2) is 12.1. The predicted molar refractivity (Wildman–Crippen MR) is 135 cm³/mol. The molecule has 8 nitrogen and oxygen atoms in total. The number of halogens is 1. The summed E-state index contributed by atoms with van der Waals surface area (Å²) >= 11 is 5.99. The lowest BCUT2D eigenvalue weighted by Crippen LogP contribution is -2.53. The molecule has 2 rings (SSSR count). The zero-order valence-corrected chi connectivity index (χ0v) is 21.7. The topological polar surface area (TPSA) is 96.0 Å². The molecule has 0 saturated carbocycles. The third kappa shape index (κ3) is 7.63. The molecule has 2 aromatic carbocycles. The van der Waals surface area contributed by atoms with Gasteiger partial charge in [0.05, 0.1) is 19.1 Å². The van der Waals surface area contributed by atoms with Crippen molar-refractivity contribution in [3.63, 3.8) is 0 Å². The molecular formula is C24H32ClN3O5S. The maximum absolute atomic E-state index is 13.6. The summed E-state index contributed by atoms with van der Waals surface area (Å²) < 4.78 is 31.5. The van der Waals surface area contributed by atoms with E-state index in [0.717, 1.165) is 16.1 Å². The van der Waals surface area contributed by atoms with Crippen LogP contribution < -0.4 is 14.4 Å². The lowest BCUT2D eigenvalue weighted by molar-refractivity contribution is -0.140. The first kappa shape index (κ1) is 27.5. The molecule has 0 saturated heterocycles. The molecule has 0 aliphatic rings. The minimum atomic E-state index is -3.81. The van der Waals surface area contributed by atoms with Crippen LogP contribution in [0.4, 0.5) is 5.69 Å². The van der Waals surface area contributed by atoms with Crippen molar-refractivity contribution >= 4 is 39.1 Å². The van der Waals surface area contributed by atoms with Crippen LogP contribution in [0.5, 0.6) is 5.75 Å². The molecule has 0 aliphatic carbocycles. The number of nitrogens with zero attached hydrogens (tertiary/aromatic N) is 2. The maximum atomic E-state index is 13.6. The summed E-state index contributed by atoms with van der Waals surface area (Å²) in [6, 6.07) is 12.5. The molecule has 0 spiro atoms. The number of carbonyl (C=O) groups excluding carboxylic acids is 2. The minimum Gasteiger partial charge on any atom is -0.497 e. The highest BCUT2D eigenvalue weighted by Crippen LogP contribution is 2.24. The van der Waals surface area contributed by atoms with Gasteiger partial charge in [0.25, 0.3) is 0 Å². The molecule has 186 valence electrons. The molecule has 2 amide bonds. The van der Waals surface area contributed by atoms with Gasteiger partial charge in [-0.1, -0.05) is 36.7 Å². The van der Waals surface area contributed by atoms with Gasteiger partial charge < -0.3 is 15.0 Å². The van der Waals surface area contributed by atoms with Crippen LogP contribution in [0.2, 0.25) is 5.02 Å². The van der Waals surface area contributed by atoms with Crippen LogP contribution in [-0.2, 0) is 26.2 Å². The number of amides is 2. The molecule has 0 aromatic heterocycles. The Balaban J connectivity index is 2.44. The summed E-state index contributed by atoms with van der Waals surface area (Å²) in [5, 5.41) is 3.40. The lowest BCUT2D eigenvalue weighted by atomic mass is 10.1. The highest BCUT2D eigenvalue weighted by atomic mass is 35.5. The fraction of sp³-hybridized carbons (Fsp3) is 0.417. The number of hydrogen-bond acceptors (Lipinski definition) is 5. The Hall–Kier alpha value is -2.78. The predicted octanol–water partition coefficient (Wildman–Crippen LogP) is 3.45. The summed E-state index contributed by atoms with van der Waals surface area (Å²) in [5.41, 5.74) is 1.06. The van der Waals surface area contributed by atoms with Crippen molar-refractivity contribution < 1.29 is 22.7 Å². The number of hydrogen-bond donors (Lipinski definition) is 1. The molecule has 34 heavy (non-hydrogen) atoms. The zero-order chi connectivity index (χ0) is 25.5. The van der Waals surface area contributed by atoms with E-state index in [1.807, 2.05) is 20.8 Å². The Morgan fingerprint density at radius 2 is 1.76 bits per heavy atom. The van der Waals surface area contributed by atoms with Crippen LogP contribution in [0, 0.1) is 0 Å². The fourth-order valence-corrected chi connectivity index (χ4v) is 4.43. The SMILES string of the molecule is CC[C@H](C(=O)NC(C)C)N(Cc1ccc(Cl)cc1)C(=O)CN(c1cccc(OC)c1)S(C)(=O)=O. The normalized spacial score (nSPS) is 12.2. The zero-order valence-electron chi connectivity index (χ0n) is 20.1. The monoisotopic (exact) mass is 509 g/mol. The van der Waals surface area contributed by atoms with Crippen LogP contribution in [-0.4, -0.2) is 57.1 Å². The van der Waals surface area contributed by atoms with Crippen molar-refractivity contribution in [2.24, 2.45) is 0 Å². The van der Waals surface area contributed by atoms with Crippen molar-refractivity contribution in [2.75, 3.05) is 24.2 Å². The summed E-state index contributed by atoms with van der Waals surface area (Å²) in [6.45, 7) is 5.14. The van der Waals surface area contributed by atoms with E-state index in [1.54, 1.807) is 48.5 Å². The Kier molecular flexibility index (Phi) is 9.76. The largest absolute Gasteiger partial charge is 0.497 e. The molecule has 0 radical (unpaired) electrons. The molecule has 1 atom stereocenters. The number of ether oxygens (including phenoxy) is 1. The first-order chi connectivity index (χ1) is 16.0. The van der Waals surface area contributed by atoms with Crippen molar-refractivity contribution in [3.05, 3.63) is 59.1 Å². The Labute approximate surface area is 206 Å². The van der Waals surface area contributed by atoms with E-state index in [2.05, 4.69) is 5.32 Å². The van der Waals surface area contributed by atoms with Crippen molar-refractivity contribution in [2.45, 2.75) is 45.8 Å². The number of carbonyl (C=O) groups is 2. The molecule has 0 aliphatic heterocycles. The van der Waals surface area contributed by atoms with Crippen molar-refractivity contribution in [1.29, 1.82) is 0 Å². The summed E-state index contributed by atoms with van der Waals surface area (Å²) in [6.07, 6.45) is 1.39. The lowest BCUT2D eigenvalue weighted by Gasteiger charge is -2.33. The second-order valence-corrected chi connectivity index (χ2v) is 10.5. The number of benzene rings is 2. The quantitative estimate of drug-likeness (QED) is 0.500. The van der Waals surface area contributed by atoms with Crippen molar-refractivity contribution in [3.8, 4) is 5.75 Å². The standard InChI is InChI=1S/C24H32ClN3O5S/c1-6-22(24(30)26-17(2)3)27(15-18-10-12-19(25)13-11-18)23(29)16-28(34(5,31)32)20-8-7-9-21(14-20)33-4/h7-14,17,22H,6,15-16H2,1-5H3,(H,26,30)/t22-/m1/s1. The summed E-state index contributed by atoms with van der Waals surface area (Å²) in [7, 11) is -2.34. The summed E-state index contributed by atoms with van der Waals surface area (Å²) in [4.78, 5) is 27.9. The molecule has 0 fully saturated rings. The van der Waals surface area contributed by atoms with Gasteiger partial charge in [-0.05, 0) is 50.1 Å². The van der Waals surface area contributed by atoms with E-state index < -0.39 is 28.5 Å². The number of sulfonamides is 1. The minimum absolute atomic E-state index is 0.113. The van der Waals surface area contributed by atoms with Crippen LogP contribution in [0.15, 0.2) is 48.5 Å². The number of rotatable bonds is 11. The highest BCUT2D eigenvalue weighted by Gasteiger charge is 2.32. The van der Waals surface area contributed by atoms with Gasteiger partial charge in [0.2, 0.25) is 21.8 Å². The Morgan fingerprint density at radius 3 is 2.29 bits per heavy atom. The summed E-state index contributed by atoms with van der Waals surface area (Å²) in [5.74, 6) is -0.347. The third-order valence-corrected chi connectivity index (χ3v) is 6.50. The van der Waals surface area contributed by atoms with Gasteiger partial charge in [-0.3, -0.25) is 13.9 Å². The Morgan fingerprint density at radius 1 is 1.12 bits per heavy atom. The second-order valence-electron chi connectivity index (χ2n) is 8.21. The number of methoxy groups -OCH3 is 1. The van der Waals surface area contributed by atoms with E-state index in [9.17, 15) is 18.0 Å². The van der Waals surface area contributed by atoms with Crippen molar-refractivity contribution in [1.82, 2.24) is 10.2 Å². The van der Waals surface area contributed by atoms with Gasteiger partial charge in [0, 0.05) is 23.7 Å². The molecule has 2 aromatic rings. The van der Waals surface area contributed by atoms with Crippen LogP contribution >= 0.6 is 11.6 Å². The van der Waals surface area contributed by atoms with Crippen LogP contribution in [0.25, 0.3) is 0 Å². The average Bonchev–Trinajstić information content (AvgIpc) is 2.77. The van der Waals surface area contributed by atoms with E-state index in [1.165, 1.54) is 12.0 Å². The van der Waals surface area contributed by atoms with E-state index in [-0.39, 0.29) is 18.5 Å². The van der Waals surface area contributed by atoms with Gasteiger partial charge in [-0.25, -0.2) is 8.42 Å². The third-order valence-electron chi connectivity index (χ3n) is 5.10. The molecule has 10 heteroatoms. The maximum Gasteiger partial charge on any atom is 0.244 e. The van der Waals surface area contributed by atoms with Gasteiger partial charge >= 0.3 is 0 Å². The highest BCUT2D eigenvalue weighted by molar-refractivity contribution is 7.92. The van der Waals surface area contributed by atoms with E-state index >= 15 is 0 Å². The fourth-order valence-electron chi connectivity index (χ4n) is 3.47. The number of nitrogens with one attached hydrogen (secondary N) is 1. The first-order valence-corrected chi connectivity index (χ1v) is 13.1.